The molecule has 3 rings (SSSR count). The van der Waals surface area contributed by atoms with Crippen molar-refractivity contribution in [2.75, 3.05) is 0 Å². The van der Waals surface area contributed by atoms with Gasteiger partial charge in [0.15, 0.2) is 0 Å². The normalized spacial score (nSPS) is 22.2. The van der Waals surface area contributed by atoms with Gasteiger partial charge < -0.3 is 10.4 Å². The van der Waals surface area contributed by atoms with Crippen LogP contribution in [0.3, 0.4) is 0 Å². The van der Waals surface area contributed by atoms with Crippen LogP contribution in [0, 0.1) is 11.8 Å². The Kier molecular flexibility index (Phi) is 5.83. The number of benzene rings is 1. The summed E-state index contributed by atoms with van der Waals surface area (Å²) in [7, 11) is 0. The molecule has 1 aromatic heterocycles. The molecule has 0 spiro atoms. The van der Waals surface area contributed by atoms with Gasteiger partial charge in [0, 0.05) is 34.8 Å². The number of hydrogen-bond donors (Lipinski definition) is 2. The summed E-state index contributed by atoms with van der Waals surface area (Å²) in [5.74, 6) is 5.71. The monoisotopic (exact) mass is 388 g/mol. The van der Waals surface area contributed by atoms with Gasteiger partial charge in [0.25, 0.3) is 5.91 Å². The number of amides is 1. The van der Waals surface area contributed by atoms with Gasteiger partial charge in [-0.25, -0.2) is 4.98 Å². The fourth-order valence-corrected chi connectivity index (χ4v) is 3.42. The topological polar surface area (TPSA) is 62.2 Å². The Bertz CT molecular complexity index is 875. The van der Waals surface area contributed by atoms with E-state index in [-0.39, 0.29) is 17.1 Å². The summed E-state index contributed by atoms with van der Waals surface area (Å²) in [4.78, 5) is 16.2. The highest BCUT2D eigenvalue weighted by Crippen LogP contribution is 2.28. The van der Waals surface area contributed by atoms with Crippen LogP contribution in [0.2, 0.25) is 10.2 Å². The minimum Gasteiger partial charge on any atom is -0.378 e. The zero-order valence-electron chi connectivity index (χ0n) is 14.0. The first kappa shape index (κ1) is 18.7. The third kappa shape index (κ3) is 4.98. The van der Waals surface area contributed by atoms with Gasteiger partial charge >= 0.3 is 0 Å². The Labute approximate surface area is 162 Å². The number of rotatable bonds is 2. The van der Waals surface area contributed by atoms with Crippen LogP contribution < -0.4 is 5.32 Å². The van der Waals surface area contributed by atoms with E-state index in [2.05, 4.69) is 22.1 Å². The molecule has 1 aromatic carbocycles. The minimum absolute atomic E-state index is 0.151. The predicted octanol–water partition coefficient (Wildman–Crippen LogP) is 3.84. The van der Waals surface area contributed by atoms with Crippen molar-refractivity contribution >= 4 is 29.1 Å². The molecule has 0 aliphatic heterocycles. The second-order valence-corrected chi connectivity index (χ2v) is 7.25. The van der Waals surface area contributed by atoms with Crippen LogP contribution in [0.1, 0.15) is 41.6 Å². The third-order valence-electron chi connectivity index (χ3n) is 4.32. The van der Waals surface area contributed by atoms with Crippen LogP contribution in [-0.4, -0.2) is 27.6 Å². The summed E-state index contributed by atoms with van der Waals surface area (Å²) >= 11 is 11.8. The number of nitrogens with zero attached hydrogens (tertiary/aromatic N) is 1. The standard InChI is InChI=1S/C20H18Cl2N2O2/c21-16-4-1-3-14(11-16)6-9-20(26)8-2-5-17(13-20)24-19(25)15-7-10-23-18(22)12-15/h1,3-4,7,10-12,17,26H,2,5,8,13H2,(H,24,25)/t17-,20?/m0/s1. The first-order valence-electron chi connectivity index (χ1n) is 8.37. The van der Waals surface area contributed by atoms with Crippen molar-refractivity contribution in [2.45, 2.75) is 37.3 Å². The molecular weight excluding hydrogens is 371 g/mol. The van der Waals surface area contributed by atoms with Crippen LogP contribution in [0.4, 0.5) is 0 Å². The number of aromatic nitrogens is 1. The van der Waals surface area contributed by atoms with Crippen molar-refractivity contribution in [2.24, 2.45) is 0 Å². The molecular formula is C20H18Cl2N2O2. The number of carbonyl (C=O) groups excluding carboxylic acids is 1. The van der Waals surface area contributed by atoms with E-state index in [4.69, 9.17) is 23.2 Å². The van der Waals surface area contributed by atoms with E-state index in [1.807, 2.05) is 12.1 Å². The van der Waals surface area contributed by atoms with E-state index in [0.717, 1.165) is 18.4 Å². The first-order chi connectivity index (χ1) is 12.4. The Morgan fingerprint density at radius 2 is 2.15 bits per heavy atom. The van der Waals surface area contributed by atoms with Gasteiger partial charge in [0.05, 0.1) is 0 Å². The quantitative estimate of drug-likeness (QED) is 0.606. The molecule has 134 valence electrons. The summed E-state index contributed by atoms with van der Waals surface area (Å²) < 4.78 is 0. The predicted molar refractivity (Wildman–Crippen MR) is 102 cm³/mol. The molecule has 2 atom stereocenters. The maximum absolute atomic E-state index is 12.4. The van der Waals surface area contributed by atoms with Gasteiger partial charge in [-0.3, -0.25) is 4.79 Å². The van der Waals surface area contributed by atoms with Gasteiger partial charge in [-0.1, -0.05) is 41.1 Å². The number of aliphatic hydroxyl groups is 1. The lowest BCUT2D eigenvalue weighted by Gasteiger charge is -2.33. The average molecular weight is 389 g/mol. The lowest BCUT2D eigenvalue weighted by Crippen LogP contribution is -2.45. The Morgan fingerprint density at radius 3 is 2.92 bits per heavy atom. The summed E-state index contributed by atoms with van der Waals surface area (Å²) in [5, 5.41) is 14.6. The zero-order valence-corrected chi connectivity index (χ0v) is 15.5. The van der Waals surface area contributed by atoms with Crippen LogP contribution >= 0.6 is 23.2 Å². The second kappa shape index (κ2) is 8.09. The molecule has 0 bridgehead atoms. The maximum Gasteiger partial charge on any atom is 0.251 e. The molecule has 0 saturated heterocycles. The molecule has 0 radical (unpaired) electrons. The molecule has 1 aliphatic carbocycles. The van der Waals surface area contributed by atoms with Gasteiger partial charge in [-0.2, -0.15) is 0 Å². The van der Waals surface area contributed by atoms with Gasteiger partial charge in [0.1, 0.15) is 10.8 Å². The average Bonchev–Trinajstić information content (AvgIpc) is 2.60. The van der Waals surface area contributed by atoms with Gasteiger partial charge in [0.2, 0.25) is 0 Å². The van der Waals surface area contributed by atoms with Gasteiger partial charge in [-0.15, -0.1) is 0 Å². The summed E-state index contributed by atoms with van der Waals surface area (Å²) in [6.07, 6.45) is 4.03. The Morgan fingerprint density at radius 1 is 1.31 bits per heavy atom. The summed E-state index contributed by atoms with van der Waals surface area (Å²) in [6.45, 7) is 0. The molecule has 1 amide bonds. The van der Waals surface area contributed by atoms with E-state index in [1.165, 1.54) is 12.3 Å². The highest BCUT2D eigenvalue weighted by Gasteiger charge is 2.33. The molecule has 2 aromatic rings. The van der Waals surface area contributed by atoms with Crippen molar-refractivity contribution < 1.29 is 9.90 Å². The minimum atomic E-state index is -1.13. The van der Waals surface area contributed by atoms with Crippen molar-refractivity contribution in [3.05, 3.63) is 63.9 Å². The fourth-order valence-electron chi connectivity index (χ4n) is 3.06. The molecule has 4 nitrogen and oxygen atoms in total. The summed E-state index contributed by atoms with van der Waals surface area (Å²) in [5.41, 5.74) is 0.0710. The number of halogens is 2. The first-order valence-corrected chi connectivity index (χ1v) is 9.13. The Balaban J connectivity index is 1.68. The molecule has 1 saturated carbocycles. The molecule has 1 aliphatic rings. The van der Waals surface area contributed by atoms with Crippen LogP contribution in [0.15, 0.2) is 42.6 Å². The lowest BCUT2D eigenvalue weighted by atomic mass is 9.82. The van der Waals surface area contributed by atoms with E-state index < -0.39 is 5.60 Å². The van der Waals surface area contributed by atoms with Crippen molar-refractivity contribution in [3.63, 3.8) is 0 Å². The van der Waals surface area contributed by atoms with Gasteiger partial charge in [-0.05, 0) is 49.6 Å². The molecule has 1 heterocycles. The number of pyridine rings is 1. The molecule has 1 unspecified atom stereocenters. The second-order valence-electron chi connectivity index (χ2n) is 6.43. The van der Waals surface area contributed by atoms with Crippen LogP contribution in [0.25, 0.3) is 0 Å². The highest BCUT2D eigenvalue weighted by atomic mass is 35.5. The van der Waals surface area contributed by atoms with Crippen LogP contribution in [-0.2, 0) is 0 Å². The molecule has 6 heteroatoms. The smallest absolute Gasteiger partial charge is 0.251 e. The number of hydrogen-bond acceptors (Lipinski definition) is 3. The van der Waals surface area contributed by atoms with E-state index in [1.54, 1.807) is 18.2 Å². The zero-order chi connectivity index (χ0) is 18.6. The maximum atomic E-state index is 12.4. The third-order valence-corrected chi connectivity index (χ3v) is 4.76. The lowest BCUT2D eigenvalue weighted by molar-refractivity contribution is 0.0452. The molecule has 1 fully saturated rings. The van der Waals surface area contributed by atoms with Crippen molar-refractivity contribution in [1.82, 2.24) is 10.3 Å². The SMILES string of the molecule is O=C(N[C@H]1CCCC(O)(C#Cc2cccc(Cl)c2)C1)c1ccnc(Cl)c1. The number of carbonyl (C=O) groups is 1. The van der Waals surface area contributed by atoms with Crippen LogP contribution in [0.5, 0.6) is 0 Å². The van der Waals surface area contributed by atoms with Crippen molar-refractivity contribution in [3.8, 4) is 11.8 Å². The number of nitrogens with one attached hydrogen (secondary N) is 1. The van der Waals surface area contributed by atoms with E-state index in [0.29, 0.717) is 23.4 Å². The summed E-state index contributed by atoms with van der Waals surface area (Å²) in [6, 6.07) is 10.2. The largest absolute Gasteiger partial charge is 0.378 e. The van der Waals surface area contributed by atoms with E-state index in [9.17, 15) is 9.90 Å². The fraction of sp³-hybridized carbons (Fsp3) is 0.300. The van der Waals surface area contributed by atoms with E-state index >= 15 is 0 Å². The molecule has 26 heavy (non-hydrogen) atoms. The van der Waals surface area contributed by atoms with Crippen molar-refractivity contribution in [1.29, 1.82) is 0 Å². The molecule has 2 N–H and O–H groups in total. The highest BCUT2D eigenvalue weighted by molar-refractivity contribution is 6.30. The Hall–Kier alpha value is -2.06.